The van der Waals surface area contributed by atoms with Gasteiger partial charge in [-0.15, -0.1) is 0 Å². The quantitative estimate of drug-likeness (QED) is 0.626. The summed E-state index contributed by atoms with van der Waals surface area (Å²) < 4.78 is 6.03. The van der Waals surface area contributed by atoms with Gasteiger partial charge in [-0.1, -0.05) is 43.2 Å². The van der Waals surface area contributed by atoms with Crippen LogP contribution in [0.2, 0.25) is 0 Å². The van der Waals surface area contributed by atoms with E-state index in [0.717, 1.165) is 55.6 Å². The van der Waals surface area contributed by atoms with Crippen LogP contribution in [0.15, 0.2) is 54.6 Å². The van der Waals surface area contributed by atoms with Crippen molar-refractivity contribution in [1.82, 2.24) is 15.5 Å². The van der Waals surface area contributed by atoms with E-state index in [1.165, 1.54) is 0 Å². The molecular weight excluding hydrogens is 414 g/mol. The second-order valence-corrected chi connectivity index (χ2v) is 9.22. The Hall–Kier alpha value is -2.86. The van der Waals surface area contributed by atoms with Crippen LogP contribution in [-0.2, 0) is 9.59 Å². The first-order chi connectivity index (χ1) is 16.1. The Labute approximate surface area is 196 Å². The average Bonchev–Trinajstić information content (AvgIpc) is 3.55. The standard InChI is InChI=1S/C27H35N3O3/c1-19(28-2)26(31)29-25(20-10-6-7-11-20)27(32)30-17-9-16-24(30)21-12-8-15-23(18-21)33-22-13-4-3-5-14-22/h3-5,8,12-15,18-20,24-25,28H,6-7,9-11,16-17H2,1-2H3,(H,29,31)/t19?,24-,25?/m0/s1. The third kappa shape index (κ3) is 5.56. The summed E-state index contributed by atoms with van der Waals surface area (Å²) in [5.41, 5.74) is 1.08. The highest BCUT2D eigenvalue weighted by atomic mass is 16.5. The molecule has 33 heavy (non-hydrogen) atoms. The zero-order valence-corrected chi connectivity index (χ0v) is 19.6. The van der Waals surface area contributed by atoms with Crippen LogP contribution in [0.5, 0.6) is 11.5 Å². The van der Waals surface area contributed by atoms with E-state index < -0.39 is 6.04 Å². The summed E-state index contributed by atoms with van der Waals surface area (Å²) in [5.74, 6) is 1.70. The molecule has 2 unspecified atom stereocenters. The van der Waals surface area contributed by atoms with Crippen molar-refractivity contribution in [3.05, 3.63) is 60.2 Å². The summed E-state index contributed by atoms with van der Waals surface area (Å²) in [6, 6.07) is 17.0. The van der Waals surface area contributed by atoms with Crippen molar-refractivity contribution < 1.29 is 14.3 Å². The van der Waals surface area contributed by atoms with Crippen LogP contribution >= 0.6 is 0 Å². The maximum atomic E-state index is 13.8. The van der Waals surface area contributed by atoms with Gasteiger partial charge in [-0.25, -0.2) is 0 Å². The van der Waals surface area contributed by atoms with Crippen molar-refractivity contribution in [2.24, 2.45) is 5.92 Å². The van der Waals surface area contributed by atoms with Crippen LogP contribution in [-0.4, -0.2) is 42.4 Å². The number of rotatable bonds is 8. The van der Waals surface area contributed by atoms with Crippen molar-refractivity contribution in [3.8, 4) is 11.5 Å². The first-order valence-corrected chi connectivity index (χ1v) is 12.2. The van der Waals surface area contributed by atoms with Crippen molar-refractivity contribution in [3.63, 3.8) is 0 Å². The van der Waals surface area contributed by atoms with Crippen LogP contribution in [0.3, 0.4) is 0 Å². The zero-order chi connectivity index (χ0) is 23.2. The van der Waals surface area contributed by atoms with Gasteiger partial charge in [-0.05, 0) is 75.4 Å². The maximum Gasteiger partial charge on any atom is 0.245 e. The van der Waals surface area contributed by atoms with Crippen molar-refractivity contribution in [2.45, 2.75) is 63.6 Å². The fraction of sp³-hybridized carbons (Fsp3) is 0.481. The highest BCUT2D eigenvalue weighted by molar-refractivity contribution is 5.90. The van der Waals surface area contributed by atoms with E-state index >= 15 is 0 Å². The molecule has 2 aromatic rings. The lowest BCUT2D eigenvalue weighted by Gasteiger charge is -2.33. The van der Waals surface area contributed by atoms with Gasteiger partial charge in [0.1, 0.15) is 17.5 Å². The van der Waals surface area contributed by atoms with Crippen LogP contribution < -0.4 is 15.4 Å². The Kier molecular flexibility index (Phi) is 7.65. The molecule has 3 atom stereocenters. The summed E-state index contributed by atoms with van der Waals surface area (Å²) in [5, 5.41) is 6.06. The van der Waals surface area contributed by atoms with Crippen molar-refractivity contribution in [2.75, 3.05) is 13.6 Å². The number of nitrogens with zero attached hydrogens (tertiary/aromatic N) is 1. The van der Waals surface area contributed by atoms with E-state index in [0.29, 0.717) is 6.54 Å². The first-order valence-electron chi connectivity index (χ1n) is 12.2. The topological polar surface area (TPSA) is 70.7 Å². The summed E-state index contributed by atoms with van der Waals surface area (Å²) >= 11 is 0. The monoisotopic (exact) mass is 449 g/mol. The number of likely N-dealkylation sites (tertiary alicyclic amines) is 1. The summed E-state index contributed by atoms with van der Waals surface area (Å²) in [6.45, 7) is 2.54. The highest BCUT2D eigenvalue weighted by Gasteiger charge is 2.39. The zero-order valence-electron chi connectivity index (χ0n) is 19.6. The molecule has 1 aliphatic heterocycles. The third-order valence-corrected chi connectivity index (χ3v) is 7.02. The van der Waals surface area contributed by atoms with E-state index in [4.69, 9.17) is 4.74 Å². The second kappa shape index (κ2) is 10.8. The molecule has 0 aromatic heterocycles. The molecule has 4 rings (SSSR count). The van der Waals surface area contributed by atoms with Crippen molar-refractivity contribution in [1.29, 1.82) is 0 Å². The fourth-order valence-electron chi connectivity index (χ4n) is 5.05. The lowest BCUT2D eigenvalue weighted by molar-refractivity contribution is -0.139. The summed E-state index contributed by atoms with van der Waals surface area (Å²) in [4.78, 5) is 28.4. The highest BCUT2D eigenvalue weighted by Crippen LogP contribution is 2.37. The molecular formula is C27H35N3O3. The van der Waals surface area contributed by atoms with Gasteiger partial charge in [0.15, 0.2) is 0 Å². The molecule has 0 spiro atoms. The molecule has 0 bridgehead atoms. The van der Waals surface area contributed by atoms with Crippen LogP contribution in [0.25, 0.3) is 0 Å². The summed E-state index contributed by atoms with van der Waals surface area (Å²) in [7, 11) is 1.76. The summed E-state index contributed by atoms with van der Waals surface area (Å²) in [6.07, 6.45) is 6.09. The fourth-order valence-corrected chi connectivity index (χ4v) is 5.05. The number of likely N-dealkylation sites (N-methyl/N-ethyl adjacent to an activating group) is 1. The Bertz CT molecular complexity index is 943. The Morgan fingerprint density at radius 2 is 1.70 bits per heavy atom. The normalized spacial score (nSPS) is 20.4. The average molecular weight is 450 g/mol. The lowest BCUT2D eigenvalue weighted by atomic mass is 9.95. The van der Waals surface area contributed by atoms with Crippen LogP contribution in [0, 0.1) is 5.92 Å². The number of carbonyl (C=O) groups is 2. The van der Waals surface area contributed by atoms with Gasteiger partial charge in [0.05, 0.1) is 12.1 Å². The number of carbonyl (C=O) groups excluding carboxylic acids is 2. The molecule has 6 heteroatoms. The lowest BCUT2D eigenvalue weighted by Crippen LogP contribution is -2.55. The Morgan fingerprint density at radius 3 is 2.42 bits per heavy atom. The molecule has 2 aromatic carbocycles. The molecule has 1 saturated carbocycles. The van der Waals surface area contributed by atoms with E-state index in [-0.39, 0.29) is 29.8 Å². The SMILES string of the molecule is CNC(C)C(=O)NC(C(=O)N1CCC[C@H]1c1cccc(Oc2ccccc2)c1)C1CCCC1. The predicted molar refractivity (Wildman–Crippen MR) is 129 cm³/mol. The van der Waals surface area contributed by atoms with Gasteiger partial charge >= 0.3 is 0 Å². The van der Waals surface area contributed by atoms with E-state index in [9.17, 15) is 9.59 Å². The molecule has 2 fully saturated rings. The number of benzene rings is 2. The molecule has 176 valence electrons. The minimum Gasteiger partial charge on any atom is -0.457 e. The molecule has 2 aliphatic rings. The number of amides is 2. The van der Waals surface area contributed by atoms with E-state index in [1.807, 2.05) is 60.4 Å². The number of hydrogen-bond donors (Lipinski definition) is 2. The second-order valence-electron chi connectivity index (χ2n) is 9.22. The first kappa shape index (κ1) is 23.3. The number of hydrogen-bond acceptors (Lipinski definition) is 4. The van der Waals surface area contributed by atoms with Gasteiger partial charge in [0.25, 0.3) is 0 Å². The molecule has 1 saturated heterocycles. The predicted octanol–water partition coefficient (Wildman–Crippen LogP) is 4.43. The Balaban J connectivity index is 1.53. The van der Waals surface area contributed by atoms with Crippen LogP contribution in [0.1, 0.15) is 57.1 Å². The van der Waals surface area contributed by atoms with Gasteiger partial charge in [-0.2, -0.15) is 0 Å². The van der Waals surface area contributed by atoms with Gasteiger partial charge in [0.2, 0.25) is 11.8 Å². The number of nitrogens with one attached hydrogen (secondary N) is 2. The number of para-hydroxylation sites is 1. The van der Waals surface area contributed by atoms with Crippen molar-refractivity contribution >= 4 is 11.8 Å². The maximum absolute atomic E-state index is 13.8. The third-order valence-electron chi connectivity index (χ3n) is 7.02. The van der Waals surface area contributed by atoms with E-state index in [1.54, 1.807) is 7.05 Å². The van der Waals surface area contributed by atoms with E-state index in [2.05, 4.69) is 16.7 Å². The number of ether oxygens (including phenoxy) is 1. The minimum absolute atomic E-state index is 0.000600. The minimum atomic E-state index is -0.458. The van der Waals surface area contributed by atoms with Gasteiger partial charge in [-0.3, -0.25) is 9.59 Å². The molecule has 1 heterocycles. The Morgan fingerprint density at radius 1 is 0.970 bits per heavy atom. The smallest absolute Gasteiger partial charge is 0.245 e. The van der Waals surface area contributed by atoms with Gasteiger partial charge in [0, 0.05) is 6.54 Å². The molecule has 0 radical (unpaired) electrons. The largest absolute Gasteiger partial charge is 0.457 e. The van der Waals surface area contributed by atoms with Crippen LogP contribution in [0.4, 0.5) is 0 Å². The molecule has 1 aliphatic carbocycles. The molecule has 2 N–H and O–H groups in total. The molecule has 2 amide bonds. The van der Waals surface area contributed by atoms with Gasteiger partial charge < -0.3 is 20.3 Å². The molecule has 6 nitrogen and oxygen atoms in total.